The molecule has 0 saturated carbocycles. The van der Waals surface area contributed by atoms with Gasteiger partial charge in [-0.1, -0.05) is 254 Å². The Balaban J connectivity index is 5.30. The van der Waals surface area contributed by atoms with Gasteiger partial charge in [-0.3, -0.25) is 18.6 Å². The molecule has 0 aromatic carbocycles. The van der Waals surface area contributed by atoms with Crippen molar-refractivity contribution in [3.8, 4) is 0 Å². The fourth-order valence-electron chi connectivity index (χ4n) is 8.59. The van der Waals surface area contributed by atoms with Crippen LogP contribution in [0.5, 0.6) is 0 Å². The van der Waals surface area contributed by atoms with Crippen molar-refractivity contribution in [3.63, 3.8) is 0 Å². The van der Waals surface area contributed by atoms with E-state index in [1.807, 2.05) is 33.3 Å². The van der Waals surface area contributed by atoms with Crippen LogP contribution in [0.25, 0.3) is 0 Å². The summed E-state index contributed by atoms with van der Waals surface area (Å²) < 4.78 is 30.7. The quantitative estimate of drug-likeness (QED) is 0.0205. The van der Waals surface area contributed by atoms with Gasteiger partial charge in [-0.25, -0.2) is 4.57 Å². The molecule has 0 aliphatic carbocycles. The molecular weight excluding hydrogens is 952 g/mol. The SMILES string of the molecule is CC/C=C\C/C=C\C/C=C\C/C=C\C/C=C\C/C=C\CCCCCCC(=O)NC(COP(=O)(O)OCC[N+](C)(C)C)C(/C=C\CCCCCCCCCCCCC)OC(=O)CCCCCCCCCCCCCCC. The number of amides is 1. The summed E-state index contributed by atoms with van der Waals surface area (Å²) in [5, 5.41) is 3.04. The molecule has 0 radical (unpaired) electrons. The van der Waals surface area contributed by atoms with Gasteiger partial charge in [0.05, 0.1) is 33.8 Å². The summed E-state index contributed by atoms with van der Waals surface area (Å²) in [6.45, 7) is 6.88. The Kier molecular flexibility index (Phi) is 52.5. The summed E-state index contributed by atoms with van der Waals surface area (Å²) in [6, 6.07) is -0.864. The van der Waals surface area contributed by atoms with E-state index in [0.29, 0.717) is 23.9 Å². The molecule has 75 heavy (non-hydrogen) atoms. The highest BCUT2D eigenvalue weighted by Gasteiger charge is 2.30. The number of phosphoric acid groups is 1. The first-order valence-corrected chi connectivity index (χ1v) is 32.4. The molecule has 3 atom stereocenters. The molecule has 9 nitrogen and oxygen atoms in total. The lowest BCUT2D eigenvalue weighted by atomic mass is 10.0. The molecule has 10 heteroatoms. The predicted molar refractivity (Wildman–Crippen MR) is 323 cm³/mol. The molecule has 0 aliphatic heterocycles. The van der Waals surface area contributed by atoms with E-state index in [9.17, 15) is 19.0 Å². The minimum absolute atomic E-state index is 0.0325. The molecule has 3 unspecified atom stereocenters. The summed E-state index contributed by atoms with van der Waals surface area (Å²) in [5.74, 6) is -0.532. The third-order valence-electron chi connectivity index (χ3n) is 13.3. The van der Waals surface area contributed by atoms with E-state index in [1.54, 1.807) is 0 Å². The smallest absolute Gasteiger partial charge is 0.456 e. The number of rotatable bonds is 55. The molecule has 0 saturated heterocycles. The first-order valence-electron chi connectivity index (χ1n) is 30.9. The van der Waals surface area contributed by atoms with Crippen LogP contribution in [0.15, 0.2) is 85.1 Å². The highest BCUT2D eigenvalue weighted by Crippen LogP contribution is 2.43. The van der Waals surface area contributed by atoms with Crippen molar-refractivity contribution in [3.05, 3.63) is 85.1 Å². The zero-order valence-corrected chi connectivity index (χ0v) is 50.4. The maximum Gasteiger partial charge on any atom is 0.472 e. The molecular formula is C65H118N2O7P+. The van der Waals surface area contributed by atoms with E-state index in [0.717, 1.165) is 103 Å². The van der Waals surface area contributed by atoms with Gasteiger partial charge in [0.2, 0.25) is 5.91 Å². The highest BCUT2D eigenvalue weighted by atomic mass is 31.2. The van der Waals surface area contributed by atoms with Gasteiger partial charge in [-0.15, -0.1) is 0 Å². The molecule has 0 aromatic rings. The van der Waals surface area contributed by atoms with Crippen LogP contribution >= 0.6 is 7.82 Å². The van der Waals surface area contributed by atoms with Crippen molar-refractivity contribution in [1.82, 2.24) is 5.32 Å². The van der Waals surface area contributed by atoms with Crippen molar-refractivity contribution >= 4 is 19.7 Å². The Morgan fingerprint density at radius 1 is 0.480 bits per heavy atom. The Labute approximate surface area is 463 Å². The lowest BCUT2D eigenvalue weighted by Crippen LogP contribution is -2.47. The van der Waals surface area contributed by atoms with Crippen LogP contribution in [0.4, 0.5) is 0 Å². The largest absolute Gasteiger partial charge is 0.472 e. The average molecular weight is 1070 g/mol. The number of ether oxygens (including phenoxy) is 1. The van der Waals surface area contributed by atoms with Crippen molar-refractivity contribution in [2.24, 2.45) is 0 Å². The fourth-order valence-corrected chi connectivity index (χ4v) is 9.33. The summed E-state index contributed by atoms with van der Waals surface area (Å²) in [7, 11) is 1.47. The molecule has 0 aromatic heterocycles. The molecule has 0 rings (SSSR count). The number of carbonyl (C=O) groups excluding carboxylic acids is 2. The van der Waals surface area contributed by atoms with E-state index in [-0.39, 0.29) is 31.5 Å². The minimum atomic E-state index is -4.46. The Morgan fingerprint density at radius 2 is 0.853 bits per heavy atom. The maximum atomic E-state index is 13.5. The highest BCUT2D eigenvalue weighted by molar-refractivity contribution is 7.47. The number of unbranched alkanes of at least 4 members (excludes halogenated alkanes) is 27. The topological polar surface area (TPSA) is 111 Å². The van der Waals surface area contributed by atoms with Gasteiger partial charge in [0, 0.05) is 12.8 Å². The average Bonchev–Trinajstić information content (AvgIpc) is 3.37. The van der Waals surface area contributed by atoms with Gasteiger partial charge in [0.15, 0.2) is 0 Å². The lowest BCUT2D eigenvalue weighted by molar-refractivity contribution is -0.870. The molecule has 0 aliphatic rings. The molecule has 0 heterocycles. The van der Waals surface area contributed by atoms with Crippen LogP contribution in [-0.4, -0.2) is 74.3 Å². The number of esters is 1. The number of nitrogens with one attached hydrogen (secondary N) is 1. The standard InChI is InChI=1S/C65H117N2O7P/c1-7-10-13-16-19-22-25-28-29-30-31-32-33-34-35-36-37-40-42-45-48-51-54-57-64(68)66-62(61-73-75(70,71)72-60-59-67(4,5)6)63(56-53-50-47-44-41-38-26-23-20-17-14-11-8-2)74-65(69)58-55-52-49-46-43-39-27-24-21-18-15-12-9-3/h10,13,19,22,28-29,31-32,34-35,37,40,53,56,62-63H,7-9,11-12,14-18,20-21,23-27,30,33,36,38-39,41-52,54-55,57-61H2,1-6H3,(H-,66,68,70,71)/p+1/b13-10-,22-19-,29-28-,32-31-,35-34-,40-37-,56-53-. The van der Waals surface area contributed by atoms with Gasteiger partial charge in [0.1, 0.15) is 19.3 Å². The van der Waals surface area contributed by atoms with Crippen molar-refractivity contribution in [1.29, 1.82) is 0 Å². The molecule has 0 spiro atoms. The lowest BCUT2D eigenvalue weighted by Gasteiger charge is -2.27. The summed E-state index contributed by atoms with van der Waals surface area (Å²) in [6.07, 6.45) is 71.5. The monoisotopic (exact) mass is 1070 g/mol. The number of carbonyl (C=O) groups is 2. The third kappa shape index (κ3) is 55.7. The predicted octanol–water partition coefficient (Wildman–Crippen LogP) is 19.0. The summed E-state index contributed by atoms with van der Waals surface area (Å²) >= 11 is 0. The molecule has 2 N–H and O–H groups in total. The normalized spacial score (nSPS) is 14.3. The zero-order valence-electron chi connectivity index (χ0n) is 49.5. The van der Waals surface area contributed by atoms with Crippen molar-refractivity contribution < 1.29 is 37.3 Å². The fraction of sp³-hybridized carbons (Fsp3) is 0.754. The van der Waals surface area contributed by atoms with Crippen molar-refractivity contribution in [2.45, 2.75) is 277 Å². The van der Waals surface area contributed by atoms with Gasteiger partial charge in [0.25, 0.3) is 0 Å². The molecule has 1 amide bonds. The van der Waals surface area contributed by atoms with Crippen LogP contribution < -0.4 is 5.32 Å². The van der Waals surface area contributed by atoms with Gasteiger partial charge < -0.3 is 19.4 Å². The van der Waals surface area contributed by atoms with Gasteiger partial charge in [-0.2, -0.15) is 0 Å². The number of likely N-dealkylation sites (N-methyl/N-ethyl adjacent to an activating group) is 1. The second-order valence-electron chi connectivity index (χ2n) is 21.9. The van der Waals surface area contributed by atoms with Crippen molar-refractivity contribution in [2.75, 3.05) is 40.9 Å². The van der Waals surface area contributed by atoms with E-state index in [2.05, 4.69) is 99.0 Å². The van der Waals surface area contributed by atoms with Crippen LogP contribution in [0.3, 0.4) is 0 Å². The number of nitrogens with zero attached hydrogens (tertiary/aromatic N) is 1. The number of quaternary nitrogens is 1. The molecule has 434 valence electrons. The van der Waals surface area contributed by atoms with Gasteiger partial charge >= 0.3 is 13.8 Å². The first kappa shape index (κ1) is 72.2. The number of allylic oxidation sites excluding steroid dienone is 13. The summed E-state index contributed by atoms with van der Waals surface area (Å²) in [5.41, 5.74) is 0. The molecule has 0 bridgehead atoms. The Bertz CT molecular complexity index is 1560. The second-order valence-corrected chi connectivity index (χ2v) is 23.3. The Hall–Kier alpha value is -2.81. The van der Waals surface area contributed by atoms with Crippen LogP contribution in [0.2, 0.25) is 0 Å². The Morgan fingerprint density at radius 3 is 1.28 bits per heavy atom. The van der Waals surface area contributed by atoms with E-state index in [4.69, 9.17) is 13.8 Å². The van der Waals surface area contributed by atoms with Crippen LogP contribution in [0, 0.1) is 0 Å². The van der Waals surface area contributed by atoms with Gasteiger partial charge in [-0.05, 0) is 83.1 Å². The number of hydrogen-bond acceptors (Lipinski definition) is 6. The van der Waals surface area contributed by atoms with E-state index >= 15 is 0 Å². The van der Waals surface area contributed by atoms with E-state index < -0.39 is 20.0 Å². The zero-order chi connectivity index (χ0) is 55.0. The van der Waals surface area contributed by atoms with Crippen LogP contribution in [0.1, 0.15) is 265 Å². The van der Waals surface area contributed by atoms with E-state index in [1.165, 1.54) is 122 Å². The minimum Gasteiger partial charge on any atom is -0.456 e. The first-order chi connectivity index (χ1) is 36.4. The number of phosphoric ester groups is 1. The summed E-state index contributed by atoms with van der Waals surface area (Å²) in [4.78, 5) is 37.7. The maximum absolute atomic E-state index is 13.5. The number of hydrogen-bond donors (Lipinski definition) is 2. The third-order valence-corrected chi connectivity index (χ3v) is 14.3. The van der Waals surface area contributed by atoms with Crippen LogP contribution in [-0.2, 0) is 27.9 Å². The molecule has 0 fully saturated rings. The second kappa shape index (κ2) is 54.5.